The second-order valence-electron chi connectivity index (χ2n) is 4.95. The molecule has 2 heterocycles. The van der Waals surface area contributed by atoms with E-state index in [9.17, 15) is 9.90 Å². The molecule has 0 unspecified atom stereocenters. The van der Waals surface area contributed by atoms with Gasteiger partial charge in [0.1, 0.15) is 18.1 Å². The van der Waals surface area contributed by atoms with E-state index in [1.165, 1.54) is 6.33 Å². The average molecular weight is 395 g/mol. The summed E-state index contributed by atoms with van der Waals surface area (Å²) in [5.74, 6) is 0.445. The first-order valence-corrected chi connectivity index (χ1v) is 7.96. The van der Waals surface area contributed by atoms with Crippen LogP contribution in [0.5, 0.6) is 11.5 Å². The highest BCUT2D eigenvalue weighted by molar-refractivity contribution is 9.10. The van der Waals surface area contributed by atoms with Crippen LogP contribution in [0.2, 0.25) is 0 Å². The van der Waals surface area contributed by atoms with Crippen LogP contribution < -0.4 is 14.8 Å². The summed E-state index contributed by atoms with van der Waals surface area (Å²) in [5.41, 5.74) is 0.832. The predicted octanol–water partition coefficient (Wildman–Crippen LogP) is 2.43. The minimum Gasteiger partial charge on any atom is -0.493 e. The molecule has 1 aliphatic heterocycles. The molecule has 3 rings (SSSR count). The lowest BCUT2D eigenvalue weighted by Gasteiger charge is -2.23. The molecule has 8 nitrogen and oxygen atoms in total. The molecule has 0 saturated heterocycles. The molecule has 1 aliphatic rings. The average Bonchev–Trinajstić information content (AvgIpc) is 3.04. The molecule has 126 valence electrons. The van der Waals surface area contributed by atoms with Gasteiger partial charge in [0.15, 0.2) is 11.5 Å². The first kappa shape index (κ1) is 16.3. The van der Waals surface area contributed by atoms with Crippen molar-refractivity contribution in [1.82, 2.24) is 14.8 Å². The normalized spacial score (nSPS) is 16.0. The molecule has 0 bridgehead atoms. The van der Waals surface area contributed by atoms with Crippen LogP contribution in [0.1, 0.15) is 18.5 Å². The molecule has 0 radical (unpaired) electrons. The van der Waals surface area contributed by atoms with Crippen molar-refractivity contribution >= 4 is 27.8 Å². The Bertz CT molecular complexity index is 818. The second-order valence-corrected chi connectivity index (χ2v) is 5.81. The van der Waals surface area contributed by atoms with Crippen molar-refractivity contribution in [1.29, 1.82) is 0 Å². The number of aromatic nitrogens is 3. The summed E-state index contributed by atoms with van der Waals surface area (Å²) in [6, 6.07) is 3.22. The number of nitrogens with one attached hydrogen (secondary N) is 1. The smallest absolute Gasteiger partial charge is 0.352 e. The summed E-state index contributed by atoms with van der Waals surface area (Å²) >= 11 is 3.48. The molecule has 9 heteroatoms. The number of fused-ring (bicyclic) bond motifs is 1. The third kappa shape index (κ3) is 2.82. The molecule has 0 amide bonds. The Morgan fingerprint density at radius 2 is 2.29 bits per heavy atom. The number of carbonyl (C=O) groups is 1. The molecule has 24 heavy (non-hydrogen) atoms. The zero-order chi connectivity index (χ0) is 17.3. The van der Waals surface area contributed by atoms with Crippen molar-refractivity contribution in [3.05, 3.63) is 40.3 Å². The Morgan fingerprint density at radius 1 is 1.50 bits per heavy atom. The molecule has 1 atom stereocenters. The number of allylic oxidation sites excluding steroid dienone is 1. The summed E-state index contributed by atoms with van der Waals surface area (Å²) in [5, 5.41) is 16.2. The predicted molar refractivity (Wildman–Crippen MR) is 89.4 cm³/mol. The number of benzene rings is 1. The highest BCUT2D eigenvalue weighted by atomic mass is 79.9. The van der Waals surface area contributed by atoms with Gasteiger partial charge >= 0.3 is 5.97 Å². The molecule has 0 spiro atoms. The topological polar surface area (TPSA) is 98.5 Å². The van der Waals surface area contributed by atoms with E-state index in [-0.39, 0.29) is 5.70 Å². The van der Waals surface area contributed by atoms with Gasteiger partial charge in [-0.05, 0) is 46.6 Å². The SMILES string of the molecule is CCOc1c(Br)cc([C@@H]2C=C(C(=O)O)Nc3ncnn32)cc1OC. The van der Waals surface area contributed by atoms with E-state index in [2.05, 4.69) is 31.3 Å². The van der Waals surface area contributed by atoms with E-state index in [0.717, 1.165) is 5.56 Å². The number of rotatable bonds is 5. The van der Waals surface area contributed by atoms with Crippen molar-refractivity contribution in [3.63, 3.8) is 0 Å². The Kier molecular flexibility index (Phi) is 4.43. The quantitative estimate of drug-likeness (QED) is 0.803. The summed E-state index contributed by atoms with van der Waals surface area (Å²) in [7, 11) is 1.55. The van der Waals surface area contributed by atoms with Gasteiger partial charge < -0.3 is 19.9 Å². The maximum atomic E-state index is 11.4. The molecule has 1 aromatic carbocycles. The third-order valence-corrected chi connectivity index (χ3v) is 4.11. The fraction of sp³-hybridized carbons (Fsp3) is 0.267. The molecule has 0 saturated carbocycles. The van der Waals surface area contributed by atoms with Crippen molar-refractivity contribution in [2.24, 2.45) is 0 Å². The number of halogens is 1. The minimum absolute atomic E-state index is 0.0458. The molecular weight excluding hydrogens is 380 g/mol. The van der Waals surface area contributed by atoms with E-state index in [1.807, 2.05) is 13.0 Å². The Hall–Kier alpha value is -2.55. The Morgan fingerprint density at radius 3 is 2.96 bits per heavy atom. The summed E-state index contributed by atoms with van der Waals surface area (Å²) in [6.07, 6.45) is 2.94. The summed E-state index contributed by atoms with van der Waals surface area (Å²) in [6.45, 7) is 2.38. The maximum absolute atomic E-state index is 11.4. The lowest BCUT2D eigenvalue weighted by atomic mass is 10.0. The van der Waals surface area contributed by atoms with E-state index >= 15 is 0 Å². The van der Waals surface area contributed by atoms with E-state index in [1.54, 1.807) is 23.9 Å². The number of ether oxygens (including phenoxy) is 2. The largest absolute Gasteiger partial charge is 0.493 e. The number of anilines is 1. The van der Waals surface area contributed by atoms with Crippen LogP contribution >= 0.6 is 15.9 Å². The van der Waals surface area contributed by atoms with Crippen LogP contribution in [-0.4, -0.2) is 39.6 Å². The van der Waals surface area contributed by atoms with Gasteiger partial charge in [-0.3, -0.25) is 0 Å². The molecule has 2 aromatic rings. The van der Waals surface area contributed by atoms with Crippen molar-refractivity contribution < 1.29 is 19.4 Å². The van der Waals surface area contributed by atoms with Crippen molar-refractivity contribution in [2.45, 2.75) is 13.0 Å². The number of carboxylic acids is 1. The minimum atomic E-state index is -1.06. The lowest BCUT2D eigenvalue weighted by molar-refractivity contribution is -0.132. The Labute approximate surface area is 146 Å². The zero-order valence-electron chi connectivity index (χ0n) is 13.0. The summed E-state index contributed by atoms with van der Waals surface area (Å²) in [4.78, 5) is 15.4. The number of carboxylic acid groups (broad SMARTS) is 1. The first-order valence-electron chi connectivity index (χ1n) is 7.17. The Balaban J connectivity index is 2.11. The maximum Gasteiger partial charge on any atom is 0.352 e. The fourth-order valence-corrected chi connectivity index (χ4v) is 3.07. The van der Waals surface area contributed by atoms with Crippen molar-refractivity contribution in [2.75, 3.05) is 19.0 Å². The monoisotopic (exact) mass is 394 g/mol. The van der Waals surface area contributed by atoms with E-state index in [0.29, 0.717) is 28.5 Å². The molecule has 0 fully saturated rings. The van der Waals surface area contributed by atoms with Crippen LogP contribution in [0.4, 0.5) is 5.95 Å². The number of hydrogen-bond donors (Lipinski definition) is 2. The van der Waals surface area contributed by atoms with E-state index in [4.69, 9.17) is 9.47 Å². The summed E-state index contributed by atoms with van der Waals surface area (Å²) < 4.78 is 13.3. The molecule has 2 N–H and O–H groups in total. The van der Waals surface area contributed by atoms with Gasteiger partial charge in [0, 0.05) is 0 Å². The van der Waals surface area contributed by atoms with Crippen LogP contribution in [0.15, 0.2) is 34.7 Å². The second kappa shape index (κ2) is 6.52. The van der Waals surface area contributed by atoms with Gasteiger partial charge in [0.05, 0.1) is 18.2 Å². The number of nitrogens with zero attached hydrogens (tertiary/aromatic N) is 3. The lowest BCUT2D eigenvalue weighted by Crippen LogP contribution is -2.24. The van der Waals surface area contributed by atoms with Gasteiger partial charge in [-0.1, -0.05) is 0 Å². The van der Waals surface area contributed by atoms with Gasteiger partial charge in [0.25, 0.3) is 0 Å². The van der Waals surface area contributed by atoms with Crippen LogP contribution in [-0.2, 0) is 4.79 Å². The van der Waals surface area contributed by atoms with E-state index < -0.39 is 12.0 Å². The van der Waals surface area contributed by atoms with Crippen molar-refractivity contribution in [3.8, 4) is 11.5 Å². The first-order chi connectivity index (χ1) is 11.5. The number of aliphatic carboxylic acids is 1. The van der Waals surface area contributed by atoms with Gasteiger partial charge in [-0.15, -0.1) is 0 Å². The van der Waals surface area contributed by atoms with Gasteiger partial charge in [-0.2, -0.15) is 10.1 Å². The number of methoxy groups -OCH3 is 1. The van der Waals surface area contributed by atoms with Crippen LogP contribution in [0.3, 0.4) is 0 Å². The highest BCUT2D eigenvalue weighted by Gasteiger charge is 2.27. The molecule has 0 aliphatic carbocycles. The molecule has 1 aromatic heterocycles. The molecular formula is C15H15BrN4O4. The standard InChI is InChI=1S/C15H15BrN4O4/c1-3-24-13-9(16)4-8(5-12(13)23-2)11-6-10(14(21)22)19-15-17-7-18-20(11)15/h4-7,11H,3H2,1-2H3,(H,21,22)(H,17,18,19)/t11-/m0/s1. The van der Waals surface area contributed by atoms with Crippen LogP contribution in [0.25, 0.3) is 0 Å². The zero-order valence-corrected chi connectivity index (χ0v) is 14.6. The fourth-order valence-electron chi connectivity index (χ4n) is 2.49. The third-order valence-electron chi connectivity index (χ3n) is 3.52. The highest BCUT2D eigenvalue weighted by Crippen LogP contribution is 2.40. The van der Waals surface area contributed by atoms with Crippen LogP contribution in [0, 0.1) is 0 Å². The van der Waals surface area contributed by atoms with Gasteiger partial charge in [0.2, 0.25) is 5.95 Å². The van der Waals surface area contributed by atoms with Gasteiger partial charge in [-0.25, -0.2) is 9.48 Å². The number of hydrogen-bond acceptors (Lipinski definition) is 6.